The lowest BCUT2D eigenvalue weighted by Crippen LogP contribution is -2.16. The maximum Gasteiger partial charge on any atom is 0.360 e. The van der Waals surface area contributed by atoms with Gasteiger partial charge in [0.2, 0.25) is 0 Å². The van der Waals surface area contributed by atoms with Crippen LogP contribution in [0.25, 0.3) is 0 Å². The Balaban J connectivity index is 2.24. The van der Waals surface area contributed by atoms with E-state index in [1.165, 1.54) is 7.11 Å². The highest BCUT2D eigenvalue weighted by Gasteiger charge is 2.27. The zero-order valence-electron chi connectivity index (χ0n) is 7.61. The zero-order chi connectivity index (χ0) is 9.97. The molecule has 2 rings (SSSR count). The summed E-state index contributed by atoms with van der Waals surface area (Å²) in [7, 11) is 1.33. The topological polar surface area (TPSA) is 79.9 Å². The van der Waals surface area contributed by atoms with Crippen LogP contribution in [0.2, 0.25) is 0 Å². The predicted octanol–water partition coefficient (Wildman–Crippen LogP) is -0.0737. The molecule has 0 aliphatic carbocycles. The standard InChI is InChI=1S/C7H10N4O2S/c1-13-7(12)5-4(9-11-10-5)6-8-2-3-14-6/h6,8H,2-3H2,1H3,(H,9,10,11). The van der Waals surface area contributed by atoms with Crippen molar-refractivity contribution in [2.45, 2.75) is 5.37 Å². The number of hydrogen-bond donors (Lipinski definition) is 2. The number of esters is 1. The molecule has 0 saturated carbocycles. The van der Waals surface area contributed by atoms with Gasteiger partial charge in [-0.15, -0.1) is 16.9 Å². The molecule has 0 radical (unpaired) electrons. The summed E-state index contributed by atoms with van der Waals surface area (Å²) in [5.74, 6) is 0.557. The van der Waals surface area contributed by atoms with Crippen LogP contribution in [-0.4, -0.2) is 40.8 Å². The van der Waals surface area contributed by atoms with Crippen molar-refractivity contribution in [1.29, 1.82) is 0 Å². The fourth-order valence-electron chi connectivity index (χ4n) is 1.27. The Kier molecular flexibility index (Phi) is 2.69. The summed E-state index contributed by atoms with van der Waals surface area (Å²) in [6.07, 6.45) is 0. The Morgan fingerprint density at radius 1 is 1.64 bits per heavy atom. The van der Waals surface area contributed by atoms with Gasteiger partial charge in [-0.05, 0) is 0 Å². The lowest BCUT2D eigenvalue weighted by atomic mass is 10.3. The molecule has 2 heterocycles. The smallest absolute Gasteiger partial charge is 0.360 e. The van der Waals surface area contributed by atoms with Gasteiger partial charge in [0, 0.05) is 12.3 Å². The second-order valence-electron chi connectivity index (χ2n) is 2.75. The molecular weight excluding hydrogens is 204 g/mol. The lowest BCUT2D eigenvalue weighted by molar-refractivity contribution is 0.0592. The number of thioether (sulfide) groups is 1. The molecule has 1 unspecified atom stereocenters. The highest BCUT2D eigenvalue weighted by molar-refractivity contribution is 7.99. The largest absolute Gasteiger partial charge is 0.464 e. The molecule has 2 N–H and O–H groups in total. The SMILES string of the molecule is COC(=O)c1n[nH]nc1C1NCCS1. The Bertz CT molecular complexity index is 334. The summed E-state index contributed by atoms with van der Waals surface area (Å²) < 4.78 is 4.60. The second-order valence-corrected chi connectivity index (χ2v) is 3.97. The van der Waals surface area contributed by atoms with Crippen LogP contribution >= 0.6 is 11.8 Å². The van der Waals surface area contributed by atoms with Gasteiger partial charge in [-0.1, -0.05) is 0 Å². The summed E-state index contributed by atoms with van der Waals surface area (Å²) in [5.41, 5.74) is 0.888. The Labute approximate surface area is 84.8 Å². The molecule has 1 aliphatic heterocycles. The Morgan fingerprint density at radius 2 is 2.50 bits per heavy atom. The van der Waals surface area contributed by atoms with Crippen LogP contribution in [0.4, 0.5) is 0 Å². The maximum atomic E-state index is 11.3. The molecule has 1 aromatic rings. The number of ether oxygens (including phenoxy) is 1. The molecule has 1 fully saturated rings. The van der Waals surface area contributed by atoms with Crippen molar-refractivity contribution in [3.63, 3.8) is 0 Å². The Hall–Kier alpha value is -1.08. The van der Waals surface area contributed by atoms with Crippen LogP contribution in [0.15, 0.2) is 0 Å². The number of nitrogens with one attached hydrogen (secondary N) is 2. The van der Waals surface area contributed by atoms with Gasteiger partial charge in [-0.2, -0.15) is 10.3 Å². The average Bonchev–Trinajstić information content (AvgIpc) is 2.85. The first-order chi connectivity index (χ1) is 6.83. The van der Waals surface area contributed by atoms with E-state index >= 15 is 0 Å². The third-order valence-corrected chi connectivity index (χ3v) is 3.08. The van der Waals surface area contributed by atoms with Gasteiger partial charge in [-0.25, -0.2) is 4.79 Å². The summed E-state index contributed by atoms with van der Waals surface area (Å²) in [6.45, 7) is 0.919. The molecule has 6 nitrogen and oxygen atoms in total. The van der Waals surface area contributed by atoms with Crippen molar-refractivity contribution in [2.24, 2.45) is 0 Å². The number of nitrogens with zero attached hydrogens (tertiary/aromatic N) is 2. The van der Waals surface area contributed by atoms with E-state index in [0.717, 1.165) is 12.3 Å². The minimum absolute atomic E-state index is 0.0443. The summed E-state index contributed by atoms with van der Waals surface area (Å²) in [6, 6.07) is 0. The normalized spacial score (nSPS) is 21.1. The van der Waals surface area contributed by atoms with Gasteiger partial charge >= 0.3 is 5.97 Å². The van der Waals surface area contributed by atoms with E-state index < -0.39 is 5.97 Å². The molecule has 14 heavy (non-hydrogen) atoms. The molecule has 0 spiro atoms. The monoisotopic (exact) mass is 214 g/mol. The van der Waals surface area contributed by atoms with Crippen LogP contribution < -0.4 is 5.32 Å². The van der Waals surface area contributed by atoms with Gasteiger partial charge in [0.25, 0.3) is 0 Å². The fourth-order valence-corrected chi connectivity index (χ4v) is 2.30. The first-order valence-corrected chi connectivity index (χ1v) is 5.21. The minimum atomic E-state index is -0.456. The first kappa shape index (κ1) is 9.47. The number of carbonyl (C=O) groups excluding carboxylic acids is 1. The predicted molar refractivity (Wildman–Crippen MR) is 50.9 cm³/mol. The van der Waals surface area contributed by atoms with E-state index in [1.54, 1.807) is 11.8 Å². The van der Waals surface area contributed by atoms with E-state index in [1.807, 2.05) is 0 Å². The van der Waals surface area contributed by atoms with E-state index in [0.29, 0.717) is 5.69 Å². The summed E-state index contributed by atoms with van der Waals surface area (Å²) in [4.78, 5) is 11.3. The molecule has 0 amide bonds. The van der Waals surface area contributed by atoms with Crippen molar-refractivity contribution in [2.75, 3.05) is 19.4 Å². The lowest BCUT2D eigenvalue weighted by Gasteiger charge is -2.05. The van der Waals surface area contributed by atoms with E-state index in [4.69, 9.17) is 0 Å². The van der Waals surface area contributed by atoms with Gasteiger partial charge in [0.1, 0.15) is 11.1 Å². The second kappa shape index (κ2) is 3.97. The van der Waals surface area contributed by atoms with Crippen molar-refractivity contribution in [3.8, 4) is 0 Å². The van der Waals surface area contributed by atoms with Gasteiger partial charge in [0.15, 0.2) is 5.69 Å². The zero-order valence-corrected chi connectivity index (χ0v) is 8.43. The van der Waals surface area contributed by atoms with Crippen LogP contribution in [0.3, 0.4) is 0 Å². The molecule has 0 aromatic carbocycles. The molecule has 1 aliphatic rings. The van der Waals surface area contributed by atoms with Crippen molar-refractivity contribution >= 4 is 17.7 Å². The minimum Gasteiger partial charge on any atom is -0.464 e. The number of methoxy groups -OCH3 is 1. The number of aromatic nitrogens is 3. The molecule has 1 aromatic heterocycles. The molecule has 76 valence electrons. The molecule has 7 heteroatoms. The Morgan fingerprint density at radius 3 is 3.14 bits per heavy atom. The van der Waals surface area contributed by atoms with Crippen LogP contribution in [0.1, 0.15) is 21.6 Å². The number of rotatable bonds is 2. The first-order valence-electron chi connectivity index (χ1n) is 4.17. The van der Waals surface area contributed by atoms with Crippen LogP contribution in [-0.2, 0) is 4.74 Å². The van der Waals surface area contributed by atoms with Crippen LogP contribution in [0.5, 0.6) is 0 Å². The van der Waals surface area contributed by atoms with Crippen molar-refractivity contribution < 1.29 is 9.53 Å². The summed E-state index contributed by atoms with van der Waals surface area (Å²) >= 11 is 1.70. The summed E-state index contributed by atoms with van der Waals surface area (Å²) in [5, 5.41) is 13.4. The van der Waals surface area contributed by atoms with Gasteiger partial charge < -0.3 is 4.74 Å². The highest BCUT2D eigenvalue weighted by atomic mass is 32.2. The van der Waals surface area contributed by atoms with Crippen molar-refractivity contribution in [3.05, 3.63) is 11.4 Å². The maximum absolute atomic E-state index is 11.3. The number of hydrogen-bond acceptors (Lipinski definition) is 6. The highest BCUT2D eigenvalue weighted by Crippen LogP contribution is 2.29. The molecule has 1 saturated heterocycles. The van der Waals surface area contributed by atoms with Crippen molar-refractivity contribution in [1.82, 2.24) is 20.7 Å². The quantitative estimate of drug-likeness (QED) is 0.671. The van der Waals surface area contributed by atoms with E-state index in [9.17, 15) is 4.79 Å². The van der Waals surface area contributed by atoms with Crippen LogP contribution in [0, 0.1) is 0 Å². The fraction of sp³-hybridized carbons (Fsp3) is 0.571. The van der Waals surface area contributed by atoms with E-state index in [2.05, 4.69) is 25.5 Å². The average molecular weight is 214 g/mol. The van der Waals surface area contributed by atoms with Gasteiger partial charge in [0.05, 0.1) is 7.11 Å². The van der Waals surface area contributed by atoms with Gasteiger partial charge in [-0.3, -0.25) is 5.32 Å². The molecule has 0 bridgehead atoms. The third kappa shape index (κ3) is 1.60. The third-order valence-electron chi connectivity index (χ3n) is 1.92. The van der Waals surface area contributed by atoms with E-state index in [-0.39, 0.29) is 11.1 Å². The number of carbonyl (C=O) groups is 1. The number of aromatic amines is 1. The number of H-pyrrole nitrogens is 1. The molecular formula is C7H10N4O2S. The molecule has 1 atom stereocenters.